The Kier molecular flexibility index (Phi) is 8.83. The minimum Gasteiger partial charge on any atom is -0.379 e. The summed E-state index contributed by atoms with van der Waals surface area (Å²) in [5.41, 5.74) is 0. The number of rotatable bonds is 8. The smallest absolute Gasteiger partial charge is 0.191 e. The molecule has 146 valence electrons. The molecule has 1 heterocycles. The van der Waals surface area contributed by atoms with Crippen LogP contribution < -0.4 is 10.6 Å². The molecule has 0 aliphatic carbocycles. The van der Waals surface area contributed by atoms with Crippen LogP contribution in [-0.2, 0) is 14.6 Å². The van der Waals surface area contributed by atoms with Crippen LogP contribution in [0.3, 0.4) is 0 Å². The van der Waals surface area contributed by atoms with Crippen molar-refractivity contribution < 1.29 is 13.2 Å². The zero-order valence-electron chi connectivity index (χ0n) is 15.1. The van der Waals surface area contributed by atoms with Crippen molar-refractivity contribution >= 4 is 31.7 Å². The first-order chi connectivity index (χ1) is 12.5. The standard InChI is InChI=1S/C17H27BrN4O3S/c1-2-19-17(20-7-9-22-10-12-25-13-11-22)21-8-14-26(23,24)16-5-3-15(18)4-6-16/h3-6H,2,7-14H2,1H3,(H2,19,20,21). The number of guanidine groups is 1. The van der Waals surface area contributed by atoms with Crippen molar-refractivity contribution in [1.82, 2.24) is 15.5 Å². The van der Waals surface area contributed by atoms with Gasteiger partial charge in [-0.05, 0) is 31.2 Å². The fourth-order valence-electron chi connectivity index (χ4n) is 2.53. The molecule has 26 heavy (non-hydrogen) atoms. The molecule has 0 amide bonds. The number of aliphatic imine (C=N–C) groups is 1. The molecule has 0 aromatic heterocycles. The second-order valence-corrected chi connectivity index (χ2v) is 8.94. The van der Waals surface area contributed by atoms with Gasteiger partial charge in [-0.15, -0.1) is 0 Å². The highest BCUT2D eigenvalue weighted by molar-refractivity contribution is 9.10. The van der Waals surface area contributed by atoms with Crippen LogP contribution in [0.5, 0.6) is 0 Å². The molecule has 0 bridgehead atoms. The molecule has 0 radical (unpaired) electrons. The fourth-order valence-corrected chi connectivity index (χ4v) is 3.95. The van der Waals surface area contributed by atoms with E-state index in [0.29, 0.717) is 23.9 Å². The van der Waals surface area contributed by atoms with E-state index in [9.17, 15) is 8.42 Å². The largest absolute Gasteiger partial charge is 0.379 e. The van der Waals surface area contributed by atoms with Crippen molar-refractivity contribution in [2.45, 2.75) is 11.8 Å². The Bertz CT molecular complexity index is 674. The number of halogens is 1. The van der Waals surface area contributed by atoms with E-state index in [1.807, 2.05) is 6.92 Å². The molecule has 1 saturated heterocycles. The van der Waals surface area contributed by atoms with Gasteiger partial charge in [-0.25, -0.2) is 8.42 Å². The Morgan fingerprint density at radius 2 is 1.92 bits per heavy atom. The fraction of sp³-hybridized carbons (Fsp3) is 0.588. The Hall–Kier alpha value is -1.16. The SMILES string of the molecule is CCNC(=NCCN1CCOCC1)NCCS(=O)(=O)c1ccc(Br)cc1. The Labute approximate surface area is 164 Å². The molecule has 7 nitrogen and oxygen atoms in total. The molecular weight excluding hydrogens is 420 g/mol. The lowest BCUT2D eigenvalue weighted by atomic mass is 10.4. The summed E-state index contributed by atoms with van der Waals surface area (Å²) in [6.07, 6.45) is 0. The summed E-state index contributed by atoms with van der Waals surface area (Å²) in [5.74, 6) is 0.662. The summed E-state index contributed by atoms with van der Waals surface area (Å²) in [7, 11) is -3.31. The van der Waals surface area contributed by atoms with E-state index in [4.69, 9.17) is 4.74 Å². The van der Waals surface area contributed by atoms with Gasteiger partial charge in [-0.2, -0.15) is 0 Å². The molecule has 0 atom stereocenters. The van der Waals surface area contributed by atoms with E-state index < -0.39 is 9.84 Å². The highest BCUT2D eigenvalue weighted by atomic mass is 79.9. The molecular formula is C17H27BrN4O3S. The third-order valence-corrected chi connectivity index (χ3v) is 6.23. The van der Waals surface area contributed by atoms with E-state index in [1.54, 1.807) is 24.3 Å². The summed E-state index contributed by atoms with van der Waals surface area (Å²) in [4.78, 5) is 7.17. The van der Waals surface area contributed by atoms with Gasteiger partial charge in [0.15, 0.2) is 15.8 Å². The number of ether oxygens (including phenoxy) is 1. The van der Waals surface area contributed by atoms with Crippen LogP contribution in [0.1, 0.15) is 6.92 Å². The zero-order chi connectivity index (χ0) is 18.8. The molecule has 1 aliphatic rings. The lowest BCUT2D eigenvalue weighted by Crippen LogP contribution is -2.41. The average Bonchev–Trinajstić information content (AvgIpc) is 2.63. The van der Waals surface area contributed by atoms with E-state index in [-0.39, 0.29) is 5.75 Å². The second kappa shape index (κ2) is 10.9. The molecule has 1 aromatic carbocycles. The third kappa shape index (κ3) is 7.22. The summed E-state index contributed by atoms with van der Waals surface area (Å²) in [6, 6.07) is 6.69. The van der Waals surface area contributed by atoms with E-state index in [2.05, 4.69) is 36.5 Å². The Morgan fingerprint density at radius 1 is 1.23 bits per heavy atom. The van der Waals surface area contributed by atoms with Gasteiger partial charge in [0, 0.05) is 37.2 Å². The third-order valence-electron chi connectivity index (χ3n) is 3.97. The maximum Gasteiger partial charge on any atom is 0.191 e. The van der Waals surface area contributed by atoms with Gasteiger partial charge in [0.05, 0.1) is 30.4 Å². The number of sulfone groups is 1. The number of nitrogens with one attached hydrogen (secondary N) is 2. The van der Waals surface area contributed by atoms with Crippen LogP contribution >= 0.6 is 15.9 Å². The van der Waals surface area contributed by atoms with Crippen LogP contribution in [0.15, 0.2) is 38.6 Å². The first-order valence-corrected chi connectivity index (χ1v) is 11.3. The Balaban J connectivity index is 1.81. The predicted octanol–water partition coefficient (Wildman–Crippen LogP) is 1.11. The van der Waals surface area contributed by atoms with Crippen molar-refractivity contribution in [3.63, 3.8) is 0 Å². The number of hydrogen-bond acceptors (Lipinski definition) is 5. The number of benzene rings is 1. The summed E-state index contributed by atoms with van der Waals surface area (Å²) in [5, 5.41) is 6.25. The summed E-state index contributed by atoms with van der Waals surface area (Å²) in [6.45, 7) is 7.97. The number of hydrogen-bond donors (Lipinski definition) is 2. The molecule has 1 aromatic rings. The van der Waals surface area contributed by atoms with Crippen molar-refractivity contribution in [3.8, 4) is 0 Å². The summed E-state index contributed by atoms with van der Waals surface area (Å²) < 4.78 is 30.9. The highest BCUT2D eigenvalue weighted by Gasteiger charge is 2.14. The van der Waals surface area contributed by atoms with Gasteiger partial charge in [-0.1, -0.05) is 15.9 Å². The molecule has 0 spiro atoms. The van der Waals surface area contributed by atoms with E-state index >= 15 is 0 Å². The van der Waals surface area contributed by atoms with Gasteiger partial charge in [0.1, 0.15) is 0 Å². The van der Waals surface area contributed by atoms with Crippen molar-refractivity contribution in [2.75, 3.05) is 58.2 Å². The lowest BCUT2D eigenvalue weighted by Gasteiger charge is -2.25. The molecule has 0 saturated carbocycles. The first kappa shape index (κ1) is 21.1. The van der Waals surface area contributed by atoms with Gasteiger partial charge < -0.3 is 15.4 Å². The molecule has 9 heteroatoms. The summed E-state index contributed by atoms with van der Waals surface area (Å²) >= 11 is 3.31. The van der Waals surface area contributed by atoms with Crippen LogP contribution in [-0.4, -0.2) is 77.5 Å². The lowest BCUT2D eigenvalue weighted by molar-refractivity contribution is 0.0394. The van der Waals surface area contributed by atoms with Crippen LogP contribution in [0.2, 0.25) is 0 Å². The molecule has 2 N–H and O–H groups in total. The minimum atomic E-state index is -3.31. The van der Waals surface area contributed by atoms with Crippen molar-refractivity contribution in [1.29, 1.82) is 0 Å². The number of nitrogens with zero attached hydrogens (tertiary/aromatic N) is 2. The van der Waals surface area contributed by atoms with Crippen molar-refractivity contribution in [2.24, 2.45) is 4.99 Å². The Morgan fingerprint density at radius 3 is 2.58 bits per heavy atom. The normalized spacial score (nSPS) is 16.5. The maximum absolute atomic E-state index is 12.4. The predicted molar refractivity (Wildman–Crippen MR) is 107 cm³/mol. The van der Waals surface area contributed by atoms with E-state index in [0.717, 1.165) is 43.9 Å². The average molecular weight is 447 g/mol. The minimum absolute atomic E-state index is 0.0164. The monoisotopic (exact) mass is 446 g/mol. The highest BCUT2D eigenvalue weighted by Crippen LogP contribution is 2.15. The molecule has 2 rings (SSSR count). The van der Waals surface area contributed by atoms with Gasteiger partial charge >= 0.3 is 0 Å². The van der Waals surface area contributed by atoms with Crippen LogP contribution in [0, 0.1) is 0 Å². The van der Waals surface area contributed by atoms with E-state index in [1.165, 1.54) is 0 Å². The van der Waals surface area contributed by atoms with Crippen molar-refractivity contribution in [3.05, 3.63) is 28.7 Å². The number of morpholine rings is 1. The van der Waals surface area contributed by atoms with Gasteiger partial charge in [0.25, 0.3) is 0 Å². The quantitative estimate of drug-likeness (QED) is 0.459. The van der Waals surface area contributed by atoms with Gasteiger partial charge in [0.2, 0.25) is 0 Å². The van der Waals surface area contributed by atoms with Crippen LogP contribution in [0.25, 0.3) is 0 Å². The maximum atomic E-state index is 12.4. The topological polar surface area (TPSA) is 83.0 Å². The molecule has 1 aliphatic heterocycles. The van der Waals surface area contributed by atoms with Crippen LogP contribution in [0.4, 0.5) is 0 Å². The second-order valence-electron chi connectivity index (χ2n) is 5.91. The zero-order valence-corrected chi connectivity index (χ0v) is 17.5. The first-order valence-electron chi connectivity index (χ1n) is 8.82. The molecule has 0 unspecified atom stereocenters. The molecule has 1 fully saturated rings. The van der Waals surface area contributed by atoms with Gasteiger partial charge in [-0.3, -0.25) is 9.89 Å².